The lowest BCUT2D eigenvalue weighted by Crippen LogP contribution is -2.38. The fourth-order valence-electron chi connectivity index (χ4n) is 6.03. The van der Waals surface area contributed by atoms with E-state index in [9.17, 15) is 9.59 Å². The summed E-state index contributed by atoms with van der Waals surface area (Å²) in [4.78, 5) is 32.3. The molecule has 10 heteroatoms. The predicted octanol–water partition coefficient (Wildman–Crippen LogP) is 6.54. The fraction of sp³-hybridized carbons (Fsp3) is 0.275. The molecular formula is C40H44ClN5O4. The summed E-state index contributed by atoms with van der Waals surface area (Å²) >= 11 is 0. The maximum Gasteiger partial charge on any atom is 0.332 e. The van der Waals surface area contributed by atoms with Crippen LogP contribution < -0.4 is 20.7 Å². The van der Waals surface area contributed by atoms with Crippen LogP contribution in [-0.4, -0.2) is 36.2 Å². The van der Waals surface area contributed by atoms with Gasteiger partial charge in [-0.25, -0.2) is 9.78 Å². The summed E-state index contributed by atoms with van der Waals surface area (Å²) < 4.78 is 17.0. The molecule has 1 atom stereocenters. The lowest BCUT2D eigenvalue weighted by Gasteiger charge is -2.29. The number of hydrogen-bond acceptors (Lipinski definition) is 6. The van der Waals surface area contributed by atoms with Crippen molar-refractivity contribution in [1.29, 1.82) is 0 Å². The Morgan fingerprint density at radius 3 is 1.92 bits per heavy atom. The number of fused-ring (bicyclic) bond motifs is 1. The third-order valence-electron chi connectivity index (χ3n) is 9.03. The second kappa shape index (κ2) is 17.0. The quantitative estimate of drug-likeness (QED) is 0.122. The highest BCUT2D eigenvalue weighted by Crippen LogP contribution is 2.31. The van der Waals surface area contributed by atoms with Crippen molar-refractivity contribution >= 4 is 23.6 Å². The Kier molecular flexibility index (Phi) is 12.3. The van der Waals surface area contributed by atoms with Gasteiger partial charge in [0.25, 0.3) is 5.56 Å². The molecule has 2 heterocycles. The largest absolute Gasteiger partial charge is 0.485 e. The summed E-state index contributed by atoms with van der Waals surface area (Å²) in [6.45, 7) is 5.34. The van der Waals surface area contributed by atoms with Crippen molar-refractivity contribution in [3.05, 3.63) is 159 Å². The number of aromatic nitrogens is 4. The minimum Gasteiger partial charge on any atom is -0.485 e. The van der Waals surface area contributed by atoms with Crippen molar-refractivity contribution in [3.63, 3.8) is 0 Å². The van der Waals surface area contributed by atoms with E-state index in [0.717, 1.165) is 52.9 Å². The van der Waals surface area contributed by atoms with Crippen LogP contribution in [0, 0.1) is 0 Å². The van der Waals surface area contributed by atoms with Crippen molar-refractivity contribution in [1.82, 2.24) is 23.6 Å². The maximum atomic E-state index is 13.0. The van der Waals surface area contributed by atoms with Crippen LogP contribution in [0.3, 0.4) is 0 Å². The van der Waals surface area contributed by atoms with Crippen LogP contribution in [0.5, 0.6) is 11.5 Å². The van der Waals surface area contributed by atoms with E-state index in [2.05, 4.69) is 77.5 Å². The molecular weight excluding hydrogens is 650 g/mol. The zero-order valence-corrected chi connectivity index (χ0v) is 29.6. The molecule has 0 aliphatic heterocycles. The number of ether oxygens (including phenoxy) is 2. The van der Waals surface area contributed by atoms with E-state index in [4.69, 9.17) is 9.47 Å². The van der Waals surface area contributed by atoms with Crippen LogP contribution in [0.4, 0.5) is 0 Å². The number of halogens is 1. The average Bonchev–Trinajstić information content (AvgIpc) is 3.58. The molecule has 4 aromatic carbocycles. The molecule has 0 bridgehead atoms. The maximum absolute atomic E-state index is 13.0. The molecule has 0 aliphatic rings. The molecule has 0 amide bonds. The van der Waals surface area contributed by atoms with Gasteiger partial charge in [0.05, 0.1) is 6.33 Å². The van der Waals surface area contributed by atoms with E-state index >= 15 is 0 Å². The van der Waals surface area contributed by atoms with E-state index in [-0.39, 0.29) is 29.7 Å². The van der Waals surface area contributed by atoms with Crippen LogP contribution in [0.15, 0.2) is 125 Å². The summed E-state index contributed by atoms with van der Waals surface area (Å²) in [6.07, 6.45) is 3.27. The number of nitrogens with zero attached hydrogens (tertiary/aromatic N) is 5. The standard InChI is InChI=1S/C40H43N5O4.ClH/c1-30(21-23-45-29-41-38-37(45)39(46)43(3)40(47)42(38)2)44(26-32-13-7-4-8-14-32)24-22-31-19-20-35(48-27-33-15-9-5-10-16-33)36(25-31)49-28-34-17-11-6-12-18-34;/h4-20,25,29-30H,21-24,26-28H2,1-3H3;1H. The molecule has 0 N–H and O–H groups in total. The number of hydrogen-bond donors (Lipinski definition) is 0. The van der Waals surface area contributed by atoms with Crippen LogP contribution >= 0.6 is 12.4 Å². The van der Waals surface area contributed by atoms with Crippen LogP contribution in [0.1, 0.15) is 35.6 Å². The number of benzene rings is 4. The van der Waals surface area contributed by atoms with E-state index in [0.29, 0.717) is 36.7 Å². The van der Waals surface area contributed by atoms with E-state index in [1.807, 2.05) is 53.1 Å². The van der Waals surface area contributed by atoms with Crippen molar-refractivity contribution in [2.24, 2.45) is 14.1 Å². The molecule has 0 saturated carbocycles. The van der Waals surface area contributed by atoms with Gasteiger partial charge in [0.1, 0.15) is 13.2 Å². The fourth-order valence-corrected chi connectivity index (χ4v) is 6.03. The van der Waals surface area contributed by atoms with E-state index in [1.165, 1.54) is 17.2 Å². The lowest BCUT2D eigenvalue weighted by atomic mass is 10.1. The van der Waals surface area contributed by atoms with Crippen LogP contribution in [-0.2, 0) is 46.8 Å². The van der Waals surface area contributed by atoms with Gasteiger partial charge in [0.2, 0.25) is 0 Å². The predicted molar refractivity (Wildman–Crippen MR) is 200 cm³/mol. The second-order valence-corrected chi connectivity index (χ2v) is 12.5. The first-order valence-electron chi connectivity index (χ1n) is 16.7. The first-order chi connectivity index (χ1) is 23.9. The Hall–Kier alpha value is -5.12. The van der Waals surface area contributed by atoms with E-state index in [1.54, 1.807) is 13.4 Å². The summed E-state index contributed by atoms with van der Waals surface area (Å²) in [6, 6.07) is 37.2. The first kappa shape index (κ1) is 36.2. The summed E-state index contributed by atoms with van der Waals surface area (Å²) in [7, 11) is 3.15. The van der Waals surface area contributed by atoms with Gasteiger partial charge in [-0.05, 0) is 54.2 Å². The molecule has 0 radical (unpaired) electrons. The average molecular weight is 694 g/mol. The van der Waals surface area contributed by atoms with Gasteiger partial charge in [-0.15, -0.1) is 12.4 Å². The molecule has 0 saturated heterocycles. The monoisotopic (exact) mass is 693 g/mol. The minimum atomic E-state index is -0.380. The molecule has 2 aromatic heterocycles. The topological polar surface area (TPSA) is 83.5 Å². The van der Waals surface area contributed by atoms with Crippen molar-refractivity contribution < 1.29 is 9.47 Å². The Bertz CT molecular complexity index is 2100. The highest BCUT2D eigenvalue weighted by molar-refractivity contribution is 5.85. The summed E-state index contributed by atoms with van der Waals surface area (Å²) in [5.41, 5.74) is 4.73. The van der Waals surface area contributed by atoms with Gasteiger partial charge in [-0.2, -0.15) is 0 Å². The Labute approximate surface area is 298 Å². The molecule has 50 heavy (non-hydrogen) atoms. The molecule has 6 aromatic rings. The third kappa shape index (κ3) is 8.72. The smallest absolute Gasteiger partial charge is 0.332 e. The van der Waals surface area contributed by atoms with Crippen molar-refractivity contribution in [2.45, 2.75) is 52.1 Å². The molecule has 260 valence electrons. The Morgan fingerprint density at radius 2 is 1.30 bits per heavy atom. The zero-order valence-electron chi connectivity index (χ0n) is 28.8. The highest BCUT2D eigenvalue weighted by Gasteiger charge is 2.19. The van der Waals surface area contributed by atoms with Crippen molar-refractivity contribution in [2.75, 3.05) is 6.54 Å². The molecule has 0 spiro atoms. The van der Waals surface area contributed by atoms with Crippen molar-refractivity contribution in [3.8, 4) is 11.5 Å². The van der Waals surface area contributed by atoms with Crippen LogP contribution in [0.2, 0.25) is 0 Å². The van der Waals surface area contributed by atoms with Gasteiger partial charge in [0, 0.05) is 39.8 Å². The number of rotatable bonds is 15. The third-order valence-corrected chi connectivity index (χ3v) is 9.03. The number of aryl methyl sites for hydroxylation is 2. The Morgan fingerprint density at radius 1 is 0.720 bits per heavy atom. The zero-order chi connectivity index (χ0) is 34.2. The molecule has 9 nitrogen and oxygen atoms in total. The highest BCUT2D eigenvalue weighted by atomic mass is 35.5. The molecule has 6 rings (SSSR count). The summed E-state index contributed by atoms with van der Waals surface area (Å²) in [5, 5.41) is 0. The van der Waals surface area contributed by atoms with Crippen LogP contribution in [0.25, 0.3) is 11.2 Å². The van der Waals surface area contributed by atoms with Gasteiger partial charge in [-0.1, -0.05) is 97.1 Å². The van der Waals surface area contributed by atoms with Gasteiger partial charge in [-0.3, -0.25) is 18.8 Å². The SMILES string of the molecule is CC(CCn1cnc2c1c(=O)n(C)c(=O)n2C)N(CCc1ccc(OCc2ccccc2)c(OCc2ccccc2)c1)Cc1ccccc1.Cl. The molecule has 1 unspecified atom stereocenters. The Balaban J connectivity index is 0.00000486. The molecule has 0 aliphatic carbocycles. The van der Waals surface area contributed by atoms with Gasteiger partial charge >= 0.3 is 5.69 Å². The molecule has 0 fully saturated rings. The van der Waals surface area contributed by atoms with Gasteiger partial charge in [0.15, 0.2) is 22.7 Å². The first-order valence-corrected chi connectivity index (χ1v) is 16.7. The lowest BCUT2D eigenvalue weighted by molar-refractivity contribution is 0.188. The number of imidazole rings is 1. The summed E-state index contributed by atoms with van der Waals surface area (Å²) in [5.74, 6) is 1.44. The van der Waals surface area contributed by atoms with E-state index < -0.39 is 0 Å². The normalized spacial score (nSPS) is 11.8. The van der Waals surface area contributed by atoms with Gasteiger partial charge < -0.3 is 14.0 Å². The second-order valence-electron chi connectivity index (χ2n) is 12.5. The minimum absolute atomic E-state index is 0.